The number of carbonyl (C=O) groups excluding carboxylic acids is 2. The number of anilines is 1. The SMILES string of the molecule is CCc1nnc(N2C(=O)C3=C(C(=O)C4CC(Cl)CCC4O3)C2c2ccc(OC)cc2)s1. The predicted octanol–water partition coefficient (Wildman–Crippen LogP) is 3.83. The number of hydrogen-bond acceptors (Lipinski definition) is 7. The Labute approximate surface area is 189 Å². The van der Waals surface area contributed by atoms with E-state index in [1.54, 1.807) is 12.0 Å². The van der Waals surface area contributed by atoms with Gasteiger partial charge in [-0.15, -0.1) is 21.8 Å². The number of carbonyl (C=O) groups is 2. The first-order valence-electron chi connectivity index (χ1n) is 10.4. The lowest BCUT2D eigenvalue weighted by Crippen LogP contribution is -2.41. The minimum Gasteiger partial charge on any atom is -0.497 e. The molecule has 3 aliphatic rings. The lowest BCUT2D eigenvalue weighted by Gasteiger charge is -2.37. The van der Waals surface area contributed by atoms with Crippen LogP contribution in [0.3, 0.4) is 0 Å². The van der Waals surface area contributed by atoms with Gasteiger partial charge in [-0.3, -0.25) is 14.5 Å². The monoisotopic (exact) mass is 459 g/mol. The molecule has 162 valence electrons. The van der Waals surface area contributed by atoms with E-state index in [1.165, 1.54) is 11.3 Å². The Balaban J connectivity index is 1.62. The second-order valence-corrected chi connectivity index (χ2v) is 9.62. The Kier molecular flexibility index (Phi) is 5.22. The Morgan fingerprint density at radius 3 is 2.68 bits per heavy atom. The number of halogens is 1. The van der Waals surface area contributed by atoms with Gasteiger partial charge in [0.15, 0.2) is 11.5 Å². The van der Waals surface area contributed by atoms with Crippen molar-refractivity contribution in [2.45, 2.75) is 50.1 Å². The summed E-state index contributed by atoms with van der Waals surface area (Å²) in [6.07, 6.45) is 2.42. The molecule has 1 aliphatic carbocycles. The Morgan fingerprint density at radius 2 is 2.00 bits per heavy atom. The number of rotatable bonds is 4. The molecule has 0 bridgehead atoms. The molecule has 2 aromatic rings. The summed E-state index contributed by atoms with van der Waals surface area (Å²) in [6, 6.07) is 6.76. The summed E-state index contributed by atoms with van der Waals surface area (Å²) in [5.74, 6) is 0.127. The van der Waals surface area contributed by atoms with E-state index >= 15 is 0 Å². The van der Waals surface area contributed by atoms with Crippen molar-refractivity contribution in [1.82, 2.24) is 10.2 Å². The van der Waals surface area contributed by atoms with E-state index in [-0.39, 0.29) is 34.8 Å². The number of fused-ring (bicyclic) bond motifs is 1. The zero-order valence-electron chi connectivity index (χ0n) is 17.2. The number of methoxy groups -OCH3 is 1. The van der Waals surface area contributed by atoms with Gasteiger partial charge in [0, 0.05) is 5.38 Å². The van der Waals surface area contributed by atoms with Crippen molar-refractivity contribution in [3.8, 4) is 5.75 Å². The lowest BCUT2D eigenvalue weighted by atomic mass is 9.77. The fourth-order valence-corrected chi connectivity index (χ4v) is 5.72. The molecule has 3 heterocycles. The average Bonchev–Trinajstić information content (AvgIpc) is 3.37. The highest BCUT2D eigenvalue weighted by atomic mass is 35.5. The van der Waals surface area contributed by atoms with Crippen molar-refractivity contribution in [3.05, 3.63) is 46.2 Å². The Morgan fingerprint density at radius 1 is 1.23 bits per heavy atom. The predicted molar refractivity (Wildman–Crippen MR) is 116 cm³/mol. The molecule has 9 heteroatoms. The molecule has 31 heavy (non-hydrogen) atoms. The van der Waals surface area contributed by atoms with Crippen LogP contribution >= 0.6 is 22.9 Å². The van der Waals surface area contributed by atoms with Crippen LogP contribution in [0.4, 0.5) is 5.13 Å². The highest BCUT2D eigenvalue weighted by Crippen LogP contribution is 2.49. The molecule has 4 atom stereocenters. The standard InChI is InChI=1S/C22H22ClN3O4S/c1-3-16-24-25-22(31-16)26-18(11-4-7-13(29-2)8-5-11)17-19(27)14-10-12(23)6-9-15(14)30-20(17)21(26)28/h4-5,7-8,12,14-15,18H,3,6,9-10H2,1-2H3. The van der Waals surface area contributed by atoms with Crippen molar-refractivity contribution in [2.75, 3.05) is 12.0 Å². The summed E-state index contributed by atoms with van der Waals surface area (Å²) in [5, 5.41) is 9.66. The van der Waals surface area contributed by atoms with E-state index in [1.807, 2.05) is 31.2 Å². The number of hydrogen-bond donors (Lipinski definition) is 0. The molecule has 7 nitrogen and oxygen atoms in total. The number of ether oxygens (including phenoxy) is 2. The van der Waals surface area contributed by atoms with E-state index in [2.05, 4.69) is 10.2 Å². The van der Waals surface area contributed by atoms with Crippen molar-refractivity contribution < 1.29 is 19.1 Å². The molecule has 1 amide bonds. The first-order chi connectivity index (χ1) is 15.0. The summed E-state index contributed by atoms with van der Waals surface area (Å²) >= 11 is 7.73. The first-order valence-corrected chi connectivity index (χ1v) is 11.7. The van der Waals surface area contributed by atoms with Crippen LogP contribution in [0.5, 0.6) is 5.75 Å². The highest BCUT2D eigenvalue weighted by Gasteiger charge is 2.53. The second kappa shape index (κ2) is 7.91. The van der Waals surface area contributed by atoms with E-state index in [0.717, 1.165) is 23.4 Å². The summed E-state index contributed by atoms with van der Waals surface area (Å²) in [7, 11) is 1.60. The zero-order valence-corrected chi connectivity index (χ0v) is 18.8. The van der Waals surface area contributed by atoms with Crippen LogP contribution in [0, 0.1) is 5.92 Å². The van der Waals surface area contributed by atoms with E-state index in [0.29, 0.717) is 29.3 Å². The fraction of sp³-hybridized carbons (Fsp3) is 0.455. The van der Waals surface area contributed by atoms with Crippen LogP contribution < -0.4 is 9.64 Å². The van der Waals surface area contributed by atoms with Crippen molar-refractivity contribution >= 4 is 39.8 Å². The van der Waals surface area contributed by atoms with Gasteiger partial charge in [0.25, 0.3) is 5.91 Å². The van der Waals surface area contributed by atoms with Crippen LogP contribution in [-0.4, -0.2) is 40.5 Å². The molecule has 1 aromatic carbocycles. The third kappa shape index (κ3) is 3.32. The smallest absolute Gasteiger partial charge is 0.296 e. The van der Waals surface area contributed by atoms with E-state index in [4.69, 9.17) is 21.1 Å². The minimum absolute atomic E-state index is 0.0477. The molecule has 4 unspecified atom stereocenters. The fourth-order valence-electron chi connectivity index (χ4n) is 4.60. The molecule has 1 fully saturated rings. The normalized spacial score (nSPS) is 27.8. The maximum Gasteiger partial charge on any atom is 0.296 e. The van der Waals surface area contributed by atoms with E-state index in [9.17, 15) is 9.59 Å². The van der Waals surface area contributed by atoms with Gasteiger partial charge < -0.3 is 9.47 Å². The number of alkyl halides is 1. The van der Waals surface area contributed by atoms with Crippen LogP contribution in [-0.2, 0) is 20.7 Å². The van der Waals surface area contributed by atoms with Crippen molar-refractivity contribution in [2.24, 2.45) is 5.92 Å². The van der Waals surface area contributed by atoms with Gasteiger partial charge in [0.2, 0.25) is 5.13 Å². The van der Waals surface area contributed by atoms with Gasteiger partial charge in [0.1, 0.15) is 16.9 Å². The molecule has 0 N–H and O–H groups in total. The van der Waals surface area contributed by atoms with Crippen LogP contribution in [0.2, 0.25) is 0 Å². The number of amides is 1. The third-order valence-corrected chi connectivity index (χ3v) is 7.64. The number of Topliss-reactive ketones (excluding diaryl/α,β-unsaturated/α-hetero) is 1. The largest absolute Gasteiger partial charge is 0.497 e. The van der Waals surface area contributed by atoms with Gasteiger partial charge >= 0.3 is 0 Å². The number of nitrogens with zero attached hydrogens (tertiary/aromatic N) is 3. The lowest BCUT2D eigenvalue weighted by molar-refractivity contribution is -0.131. The number of ketones is 1. The van der Waals surface area contributed by atoms with E-state index < -0.39 is 6.04 Å². The number of aryl methyl sites for hydroxylation is 1. The maximum atomic E-state index is 13.6. The summed E-state index contributed by atoms with van der Waals surface area (Å²) in [4.78, 5) is 28.7. The van der Waals surface area contributed by atoms with Gasteiger partial charge in [-0.25, -0.2) is 0 Å². The maximum absolute atomic E-state index is 13.6. The molecule has 0 spiro atoms. The highest BCUT2D eigenvalue weighted by molar-refractivity contribution is 7.15. The summed E-state index contributed by atoms with van der Waals surface area (Å²) in [5.41, 5.74) is 1.19. The zero-order chi connectivity index (χ0) is 21.7. The molecule has 2 aliphatic heterocycles. The van der Waals surface area contributed by atoms with Gasteiger partial charge in [0.05, 0.1) is 24.6 Å². The summed E-state index contributed by atoms with van der Waals surface area (Å²) in [6.45, 7) is 1.99. The molecule has 0 saturated heterocycles. The van der Waals surface area contributed by atoms with Crippen molar-refractivity contribution in [3.63, 3.8) is 0 Å². The first kappa shape index (κ1) is 20.5. The third-order valence-electron chi connectivity index (χ3n) is 6.18. The molecular weight excluding hydrogens is 438 g/mol. The molecule has 1 aromatic heterocycles. The topological polar surface area (TPSA) is 81.6 Å². The quantitative estimate of drug-likeness (QED) is 0.646. The van der Waals surface area contributed by atoms with Crippen LogP contribution in [0.1, 0.15) is 42.8 Å². The molecular formula is C22H22ClN3O4S. The van der Waals surface area contributed by atoms with Gasteiger partial charge in [-0.1, -0.05) is 30.4 Å². The van der Waals surface area contributed by atoms with Gasteiger partial charge in [-0.2, -0.15) is 0 Å². The summed E-state index contributed by atoms with van der Waals surface area (Å²) < 4.78 is 11.4. The molecule has 1 saturated carbocycles. The second-order valence-electron chi connectivity index (χ2n) is 7.96. The number of aromatic nitrogens is 2. The van der Waals surface area contributed by atoms with Gasteiger partial charge in [-0.05, 0) is 43.4 Å². The minimum atomic E-state index is -0.616. The van der Waals surface area contributed by atoms with Crippen molar-refractivity contribution in [1.29, 1.82) is 0 Å². The molecule has 0 radical (unpaired) electrons. The van der Waals surface area contributed by atoms with Crippen LogP contribution in [0.25, 0.3) is 0 Å². The van der Waals surface area contributed by atoms with Crippen LogP contribution in [0.15, 0.2) is 35.6 Å². The Hall–Kier alpha value is -2.45. The number of benzene rings is 1. The molecule has 5 rings (SSSR count). The average molecular weight is 460 g/mol. The Bertz CT molecular complexity index is 1070.